The molecular weight excluding hydrogens is 75.0 g/mol. The van der Waals surface area contributed by atoms with E-state index < -0.39 is 9.04 Å². The van der Waals surface area contributed by atoms with Crippen molar-refractivity contribution in [3.63, 3.8) is 0 Å². The van der Waals surface area contributed by atoms with Crippen LogP contribution < -0.4 is 18.9 Å². The van der Waals surface area contributed by atoms with Gasteiger partial charge in [-0.15, -0.1) is 0 Å². The predicted molar refractivity (Wildman–Crippen MR) is 22.2 cm³/mol. The Bertz CT molecular complexity index is 18.3. The maximum absolute atomic E-state index is 8.19. The van der Waals surface area contributed by atoms with Crippen LogP contribution in [0.3, 0.4) is 0 Å². The summed E-state index contributed by atoms with van der Waals surface area (Å²) in [6.45, 7) is 3.72. The minimum Gasteiger partial charge on any atom is -1.00 e. The first kappa shape index (κ1) is 9.24. The molecule has 0 aliphatic rings. The van der Waals surface area contributed by atoms with Crippen molar-refractivity contribution in [2.24, 2.45) is 0 Å². The van der Waals surface area contributed by atoms with E-state index in [-0.39, 0.29) is 20.3 Å². The molecule has 0 aromatic heterocycles. The van der Waals surface area contributed by atoms with Crippen LogP contribution in [0.4, 0.5) is 0 Å². The zero-order valence-corrected chi connectivity index (χ0v) is 5.18. The van der Waals surface area contributed by atoms with E-state index in [1.807, 2.05) is 13.1 Å². The molecule has 0 bridgehead atoms. The molecule has 3 heteroatoms. The summed E-state index contributed by atoms with van der Waals surface area (Å²) in [5.41, 5.74) is 0. The summed E-state index contributed by atoms with van der Waals surface area (Å²) < 4.78 is 0. The van der Waals surface area contributed by atoms with E-state index in [2.05, 4.69) is 0 Å². The van der Waals surface area contributed by atoms with E-state index in [4.69, 9.17) is 4.80 Å². The van der Waals surface area contributed by atoms with E-state index in [1.54, 1.807) is 0 Å². The molecule has 0 saturated carbocycles. The molecule has 0 radical (unpaired) electrons. The molecule has 0 heterocycles. The molecule has 28 valence electrons. The van der Waals surface area contributed by atoms with Gasteiger partial charge in [-0.2, -0.15) is 0 Å². The summed E-state index contributed by atoms with van der Waals surface area (Å²) in [4.78, 5) is 8.19. The zero-order valence-electron chi connectivity index (χ0n) is 5.02. The third-order valence-electron chi connectivity index (χ3n) is 0. The van der Waals surface area contributed by atoms with Gasteiger partial charge >= 0.3 is 18.9 Å². The second-order valence-electron chi connectivity index (χ2n) is 1.09. The summed E-state index contributed by atoms with van der Waals surface area (Å²) in [6.07, 6.45) is 0. The summed E-state index contributed by atoms with van der Waals surface area (Å²) in [5, 5.41) is 0. The van der Waals surface area contributed by atoms with Gasteiger partial charge in [0.2, 0.25) is 0 Å². The minimum atomic E-state index is -1.14. The van der Waals surface area contributed by atoms with Gasteiger partial charge in [0, 0.05) is 0 Å². The number of hydrogen-bond acceptors (Lipinski definition) is 1. The van der Waals surface area contributed by atoms with Crippen molar-refractivity contribution in [1.29, 1.82) is 0 Å². The molecule has 0 atom stereocenters. The summed E-state index contributed by atoms with van der Waals surface area (Å²) in [7, 11) is -1.14. The van der Waals surface area contributed by atoms with Gasteiger partial charge in [-0.1, -0.05) is 0 Å². The Balaban J connectivity index is -0.0000000450. The van der Waals surface area contributed by atoms with Crippen LogP contribution in [-0.2, 0) is 0 Å². The second kappa shape index (κ2) is 4.77. The Morgan fingerprint density at radius 1 is 1.60 bits per heavy atom. The second-order valence-corrected chi connectivity index (χ2v) is 3.28. The molecule has 0 fully saturated rings. The van der Waals surface area contributed by atoms with Gasteiger partial charge in [0.1, 0.15) is 0 Å². The van der Waals surface area contributed by atoms with Crippen LogP contribution in [-0.4, -0.2) is 13.8 Å². The van der Waals surface area contributed by atoms with Crippen LogP contribution >= 0.6 is 0 Å². The summed E-state index contributed by atoms with van der Waals surface area (Å²) in [5.74, 6) is 0. The van der Waals surface area contributed by atoms with Gasteiger partial charge in [-0.05, 0) is 13.1 Å². The van der Waals surface area contributed by atoms with Gasteiger partial charge in [0.25, 0.3) is 0 Å². The molecule has 0 saturated heterocycles. The molecule has 0 amide bonds. The van der Waals surface area contributed by atoms with Crippen molar-refractivity contribution in [2.75, 3.05) is 0 Å². The number of rotatable bonds is 0. The maximum atomic E-state index is 8.19. The Hall–Kier alpha value is 0.774. The third-order valence-corrected chi connectivity index (χ3v) is 0. The van der Waals surface area contributed by atoms with E-state index in [1.165, 1.54) is 0 Å². The van der Waals surface area contributed by atoms with Gasteiger partial charge in [0.15, 0.2) is 9.04 Å². The molecule has 0 unspecified atom stereocenters. The standard InChI is InChI=1S/C2H8OSi.Li.H/c1-4(2)3;;/h3-4H,1-2H3;;/q;+1;-1. The molecule has 1 N–H and O–H groups in total. The minimum absolute atomic E-state index is 0. The quantitative estimate of drug-likeness (QED) is 0.312. The van der Waals surface area contributed by atoms with Crippen molar-refractivity contribution in [1.82, 2.24) is 0 Å². The predicted octanol–water partition coefficient (Wildman–Crippen LogP) is -2.92. The largest absolute Gasteiger partial charge is 1.00 e. The first-order valence-corrected chi connectivity index (χ1v) is 4.24. The Morgan fingerprint density at radius 3 is 1.60 bits per heavy atom. The Morgan fingerprint density at radius 2 is 1.60 bits per heavy atom. The van der Waals surface area contributed by atoms with Crippen LogP contribution in [0.5, 0.6) is 0 Å². The normalized spacial score (nSPS) is 7.20. The fourth-order valence-electron chi connectivity index (χ4n) is 0. The number of hydrogen-bond donors (Lipinski definition) is 1. The van der Waals surface area contributed by atoms with Crippen molar-refractivity contribution in [3.8, 4) is 0 Å². The van der Waals surface area contributed by atoms with E-state index in [0.29, 0.717) is 0 Å². The topological polar surface area (TPSA) is 20.2 Å². The van der Waals surface area contributed by atoms with Gasteiger partial charge < -0.3 is 6.22 Å². The van der Waals surface area contributed by atoms with Gasteiger partial charge in [0.05, 0.1) is 0 Å². The molecule has 0 rings (SSSR count). The monoisotopic (exact) mass is 84.1 g/mol. The van der Waals surface area contributed by atoms with Crippen molar-refractivity contribution in [2.45, 2.75) is 13.1 Å². The molecule has 1 nitrogen and oxygen atoms in total. The molecule has 0 aromatic rings. The van der Waals surface area contributed by atoms with Gasteiger partial charge in [-0.3, -0.25) is 0 Å². The van der Waals surface area contributed by atoms with Crippen LogP contribution in [0, 0.1) is 0 Å². The first-order valence-electron chi connectivity index (χ1n) is 1.41. The van der Waals surface area contributed by atoms with E-state index in [0.717, 1.165) is 0 Å². The maximum Gasteiger partial charge on any atom is 1.00 e. The SMILES string of the molecule is C[SiH](C)O.[H-].[Li+]. The average Bonchev–Trinajstić information content (AvgIpc) is 0.811. The van der Waals surface area contributed by atoms with Gasteiger partial charge in [-0.25, -0.2) is 0 Å². The summed E-state index contributed by atoms with van der Waals surface area (Å²) in [6, 6.07) is 0. The fraction of sp³-hybridized carbons (Fsp3) is 1.00. The average molecular weight is 84.1 g/mol. The van der Waals surface area contributed by atoms with E-state index >= 15 is 0 Å². The zero-order chi connectivity index (χ0) is 3.58. The van der Waals surface area contributed by atoms with Crippen molar-refractivity contribution < 1.29 is 25.1 Å². The van der Waals surface area contributed by atoms with E-state index in [9.17, 15) is 0 Å². The molecule has 5 heavy (non-hydrogen) atoms. The van der Waals surface area contributed by atoms with Crippen LogP contribution in [0.1, 0.15) is 1.43 Å². The van der Waals surface area contributed by atoms with Crippen LogP contribution in [0.25, 0.3) is 0 Å². The van der Waals surface area contributed by atoms with Crippen molar-refractivity contribution >= 4 is 9.04 Å². The van der Waals surface area contributed by atoms with Crippen LogP contribution in [0.2, 0.25) is 13.1 Å². The molecular formula is C2H9LiOSi. The molecule has 0 aromatic carbocycles. The Labute approximate surface area is 47.8 Å². The summed E-state index contributed by atoms with van der Waals surface area (Å²) >= 11 is 0. The third kappa shape index (κ3) is 61.3. The fourth-order valence-corrected chi connectivity index (χ4v) is 0. The Kier molecular flexibility index (Phi) is 8.82. The first-order chi connectivity index (χ1) is 1.73. The van der Waals surface area contributed by atoms with Crippen LogP contribution in [0.15, 0.2) is 0 Å². The molecule has 0 aliphatic heterocycles. The van der Waals surface area contributed by atoms with Crippen molar-refractivity contribution in [3.05, 3.63) is 0 Å². The smallest absolute Gasteiger partial charge is 1.00 e. The molecule has 0 aliphatic carbocycles. The molecule has 0 spiro atoms.